The van der Waals surface area contributed by atoms with Crippen LogP contribution in [0.4, 0.5) is 14.9 Å². The topological polar surface area (TPSA) is 70.7 Å². The van der Waals surface area contributed by atoms with Crippen LogP contribution in [0.2, 0.25) is 0 Å². The van der Waals surface area contributed by atoms with Crippen LogP contribution < -0.4 is 15.4 Å². The van der Waals surface area contributed by atoms with Gasteiger partial charge in [0.05, 0.1) is 7.11 Å². The van der Waals surface area contributed by atoms with Crippen molar-refractivity contribution in [2.75, 3.05) is 32.1 Å². The molecule has 0 spiro atoms. The van der Waals surface area contributed by atoms with Crippen LogP contribution >= 0.6 is 0 Å². The van der Waals surface area contributed by atoms with Gasteiger partial charge in [0, 0.05) is 30.9 Å². The minimum atomic E-state index is -0.377. The first-order chi connectivity index (χ1) is 14.0. The number of hydrogen-bond acceptors (Lipinski definition) is 3. The normalized spacial score (nSPS) is 14.3. The summed E-state index contributed by atoms with van der Waals surface area (Å²) in [4.78, 5) is 26.3. The highest BCUT2D eigenvalue weighted by atomic mass is 19.1. The van der Waals surface area contributed by atoms with E-state index in [1.165, 1.54) is 12.1 Å². The highest BCUT2D eigenvalue weighted by Crippen LogP contribution is 2.21. The van der Waals surface area contributed by atoms with E-state index in [0.29, 0.717) is 42.6 Å². The van der Waals surface area contributed by atoms with Gasteiger partial charge in [-0.2, -0.15) is 0 Å². The molecule has 0 unspecified atom stereocenters. The van der Waals surface area contributed by atoms with Gasteiger partial charge in [-0.3, -0.25) is 4.79 Å². The van der Waals surface area contributed by atoms with Gasteiger partial charge in [0.2, 0.25) is 0 Å². The molecule has 0 saturated carbocycles. The van der Waals surface area contributed by atoms with Crippen LogP contribution in [0.5, 0.6) is 5.75 Å². The molecule has 7 heteroatoms. The molecular formula is C22H26FN3O3. The van der Waals surface area contributed by atoms with Gasteiger partial charge < -0.3 is 20.3 Å². The third-order valence-corrected chi connectivity index (χ3v) is 5.15. The van der Waals surface area contributed by atoms with E-state index in [9.17, 15) is 14.0 Å². The lowest BCUT2D eigenvalue weighted by Crippen LogP contribution is -2.41. The molecule has 29 heavy (non-hydrogen) atoms. The van der Waals surface area contributed by atoms with Gasteiger partial charge >= 0.3 is 6.03 Å². The van der Waals surface area contributed by atoms with E-state index in [-0.39, 0.29) is 17.8 Å². The Morgan fingerprint density at radius 1 is 1.14 bits per heavy atom. The number of amides is 3. The zero-order valence-electron chi connectivity index (χ0n) is 16.5. The number of carbonyl (C=O) groups excluding carboxylic acids is 2. The summed E-state index contributed by atoms with van der Waals surface area (Å²) in [7, 11) is 1.57. The molecule has 0 atom stereocenters. The summed E-state index contributed by atoms with van der Waals surface area (Å²) in [6.45, 7) is 1.89. The fourth-order valence-corrected chi connectivity index (χ4v) is 3.45. The van der Waals surface area contributed by atoms with E-state index in [1.54, 1.807) is 48.4 Å². The number of nitrogens with zero attached hydrogens (tertiary/aromatic N) is 1. The largest absolute Gasteiger partial charge is 0.497 e. The maximum Gasteiger partial charge on any atom is 0.321 e. The molecule has 0 bridgehead atoms. The molecule has 0 radical (unpaired) electrons. The number of methoxy groups -OCH3 is 1. The van der Waals surface area contributed by atoms with Gasteiger partial charge in [-0.1, -0.05) is 12.1 Å². The van der Waals surface area contributed by atoms with Gasteiger partial charge in [0.1, 0.15) is 11.6 Å². The number of nitrogens with one attached hydrogen (secondary N) is 2. The van der Waals surface area contributed by atoms with Crippen molar-refractivity contribution in [3.63, 3.8) is 0 Å². The lowest BCUT2D eigenvalue weighted by atomic mass is 9.93. The number of piperidine rings is 1. The zero-order valence-corrected chi connectivity index (χ0v) is 16.5. The molecule has 1 fully saturated rings. The van der Waals surface area contributed by atoms with Gasteiger partial charge in [-0.05, 0) is 61.6 Å². The molecule has 3 amide bonds. The Kier molecular flexibility index (Phi) is 7.05. The predicted octanol–water partition coefficient (Wildman–Crippen LogP) is 3.90. The average Bonchev–Trinajstić information content (AvgIpc) is 2.74. The molecule has 1 aliphatic rings. The van der Waals surface area contributed by atoms with Crippen LogP contribution in [0.25, 0.3) is 0 Å². The summed E-state index contributed by atoms with van der Waals surface area (Å²) in [5, 5.41) is 5.68. The van der Waals surface area contributed by atoms with Gasteiger partial charge in [0.25, 0.3) is 5.91 Å². The van der Waals surface area contributed by atoms with Crippen molar-refractivity contribution in [1.82, 2.24) is 10.2 Å². The van der Waals surface area contributed by atoms with E-state index in [0.717, 1.165) is 19.3 Å². The molecule has 1 heterocycles. The minimum Gasteiger partial charge on any atom is -0.497 e. The Bertz CT molecular complexity index is 851. The highest BCUT2D eigenvalue weighted by Gasteiger charge is 2.23. The molecule has 1 saturated heterocycles. The van der Waals surface area contributed by atoms with Crippen molar-refractivity contribution in [2.24, 2.45) is 5.92 Å². The first-order valence-corrected chi connectivity index (χ1v) is 9.79. The monoisotopic (exact) mass is 399 g/mol. The van der Waals surface area contributed by atoms with E-state index in [2.05, 4.69) is 10.6 Å². The third-order valence-electron chi connectivity index (χ3n) is 5.15. The standard InChI is InChI=1S/C22H26FN3O3/c1-29-20-7-2-4-17(14-20)21(27)24-11-8-16-9-12-26(13-10-16)22(28)25-19-6-3-5-18(23)15-19/h2-7,14-16H,8-13H2,1H3,(H,24,27)(H,25,28). The number of anilines is 1. The van der Waals surface area contributed by atoms with Crippen LogP contribution in [0.15, 0.2) is 48.5 Å². The second kappa shape index (κ2) is 9.91. The molecule has 1 aliphatic heterocycles. The number of likely N-dealkylation sites (tertiary alicyclic amines) is 1. The SMILES string of the molecule is COc1cccc(C(=O)NCCC2CCN(C(=O)Nc3cccc(F)c3)CC2)c1. The Morgan fingerprint density at radius 2 is 1.90 bits per heavy atom. The first-order valence-electron chi connectivity index (χ1n) is 9.79. The van der Waals surface area contributed by atoms with E-state index < -0.39 is 0 Å². The molecular weight excluding hydrogens is 373 g/mol. The maximum absolute atomic E-state index is 13.2. The quantitative estimate of drug-likeness (QED) is 0.774. The average molecular weight is 399 g/mol. The van der Waals surface area contributed by atoms with Gasteiger partial charge in [-0.25, -0.2) is 9.18 Å². The molecule has 0 aromatic heterocycles. The number of rotatable bonds is 6. The smallest absolute Gasteiger partial charge is 0.321 e. The number of urea groups is 1. The summed E-state index contributed by atoms with van der Waals surface area (Å²) in [5.74, 6) is 0.619. The van der Waals surface area contributed by atoms with Crippen molar-refractivity contribution in [2.45, 2.75) is 19.3 Å². The summed E-state index contributed by atoms with van der Waals surface area (Å²) in [6, 6.07) is 12.7. The van der Waals surface area contributed by atoms with Crippen LogP contribution in [-0.4, -0.2) is 43.6 Å². The summed E-state index contributed by atoms with van der Waals surface area (Å²) >= 11 is 0. The second-order valence-corrected chi connectivity index (χ2v) is 7.15. The Hall–Kier alpha value is -3.09. The highest BCUT2D eigenvalue weighted by molar-refractivity contribution is 5.94. The van der Waals surface area contributed by atoms with Crippen molar-refractivity contribution in [3.05, 3.63) is 59.9 Å². The van der Waals surface area contributed by atoms with Crippen molar-refractivity contribution < 1.29 is 18.7 Å². The maximum atomic E-state index is 13.2. The van der Waals surface area contributed by atoms with Crippen LogP contribution in [0.1, 0.15) is 29.6 Å². The van der Waals surface area contributed by atoms with E-state index >= 15 is 0 Å². The summed E-state index contributed by atoms with van der Waals surface area (Å²) in [6.07, 6.45) is 2.63. The molecule has 154 valence electrons. The summed E-state index contributed by atoms with van der Waals surface area (Å²) in [5.41, 5.74) is 1.03. The fourth-order valence-electron chi connectivity index (χ4n) is 3.45. The number of halogens is 1. The van der Waals surface area contributed by atoms with Crippen LogP contribution in [-0.2, 0) is 0 Å². The Labute approximate surface area is 170 Å². The fraction of sp³-hybridized carbons (Fsp3) is 0.364. The zero-order chi connectivity index (χ0) is 20.6. The molecule has 3 rings (SSSR count). The van der Waals surface area contributed by atoms with Crippen molar-refractivity contribution >= 4 is 17.6 Å². The van der Waals surface area contributed by atoms with Gasteiger partial charge in [-0.15, -0.1) is 0 Å². The van der Waals surface area contributed by atoms with E-state index in [1.807, 2.05) is 0 Å². The first kappa shape index (κ1) is 20.6. The predicted molar refractivity (Wildman–Crippen MR) is 110 cm³/mol. The lowest BCUT2D eigenvalue weighted by Gasteiger charge is -2.32. The molecule has 2 aromatic carbocycles. The minimum absolute atomic E-state index is 0.115. The molecule has 0 aliphatic carbocycles. The second-order valence-electron chi connectivity index (χ2n) is 7.15. The number of benzene rings is 2. The van der Waals surface area contributed by atoms with Crippen molar-refractivity contribution in [1.29, 1.82) is 0 Å². The molecule has 2 aromatic rings. The Balaban J connectivity index is 1.38. The van der Waals surface area contributed by atoms with E-state index in [4.69, 9.17) is 4.74 Å². The van der Waals surface area contributed by atoms with Crippen LogP contribution in [0.3, 0.4) is 0 Å². The number of carbonyl (C=O) groups is 2. The Morgan fingerprint density at radius 3 is 2.62 bits per heavy atom. The number of ether oxygens (including phenoxy) is 1. The molecule has 2 N–H and O–H groups in total. The third kappa shape index (κ3) is 5.94. The number of hydrogen-bond donors (Lipinski definition) is 2. The lowest BCUT2D eigenvalue weighted by molar-refractivity contribution is 0.0949. The van der Waals surface area contributed by atoms with Crippen molar-refractivity contribution in [3.8, 4) is 5.75 Å². The summed E-state index contributed by atoms with van der Waals surface area (Å²) < 4.78 is 18.4. The van der Waals surface area contributed by atoms with Gasteiger partial charge in [0.15, 0.2) is 0 Å². The van der Waals surface area contributed by atoms with Crippen LogP contribution in [0, 0.1) is 11.7 Å². The molecule has 6 nitrogen and oxygen atoms in total.